The smallest absolute Gasteiger partial charge is 0.221 e. The molecule has 1 amide bonds. The molecule has 0 aliphatic heterocycles. The van der Waals surface area contributed by atoms with Gasteiger partial charge in [-0.25, -0.2) is 0 Å². The molecule has 7 heteroatoms. The molecule has 0 saturated heterocycles. The van der Waals surface area contributed by atoms with Crippen LogP contribution in [-0.4, -0.2) is 11.9 Å². The predicted octanol–water partition coefficient (Wildman–Crippen LogP) is 1.82. The predicted molar refractivity (Wildman–Crippen MR) is 83.2 cm³/mol. The summed E-state index contributed by atoms with van der Waals surface area (Å²) in [5, 5.41) is 13.6. The summed E-state index contributed by atoms with van der Waals surface area (Å²) in [6.07, 6.45) is 0. The van der Waals surface area contributed by atoms with Crippen molar-refractivity contribution in [1.29, 1.82) is 0 Å². The van der Waals surface area contributed by atoms with Crippen LogP contribution < -0.4 is 10.4 Å². The molecule has 1 rings (SSSR count). The zero-order valence-corrected chi connectivity index (χ0v) is 14.4. The highest BCUT2D eigenvalue weighted by Gasteiger charge is 2.15. The first-order valence-electron chi connectivity index (χ1n) is 4.01. The molecule has 16 heavy (non-hydrogen) atoms. The number of carboxylic acids is 1. The van der Waals surface area contributed by atoms with Gasteiger partial charge in [0.2, 0.25) is 5.91 Å². The van der Waals surface area contributed by atoms with E-state index in [1.165, 1.54) is 6.92 Å². The maximum Gasteiger partial charge on any atom is 0.221 e. The van der Waals surface area contributed by atoms with Gasteiger partial charge in [0.25, 0.3) is 0 Å². The number of aromatic carboxylic acids is 1. The number of benzene rings is 1. The first kappa shape index (κ1) is 14.4. The fourth-order valence-electron chi connectivity index (χ4n) is 1.07. The van der Waals surface area contributed by atoms with Gasteiger partial charge in [-0.05, 0) is 73.8 Å². The van der Waals surface area contributed by atoms with Gasteiger partial charge >= 0.3 is 0 Å². The third-order valence-corrected chi connectivity index (χ3v) is 4.46. The Morgan fingerprint density at radius 3 is 2.25 bits per heavy atom. The number of carbonyl (C=O) groups excluding carboxylic acids is 2. The van der Waals surface area contributed by atoms with E-state index >= 15 is 0 Å². The molecule has 0 heterocycles. The third kappa shape index (κ3) is 3.18. The van der Waals surface area contributed by atoms with Crippen LogP contribution in [0.25, 0.3) is 0 Å². The first-order valence-corrected chi connectivity index (χ1v) is 7.24. The number of rotatable bonds is 2. The summed E-state index contributed by atoms with van der Waals surface area (Å²) in [5.74, 6) is -1.47. The second-order valence-corrected chi connectivity index (χ2v) is 6.28. The van der Waals surface area contributed by atoms with E-state index in [1.54, 1.807) is 6.07 Å². The molecule has 1 N–H and O–H groups in total. The van der Waals surface area contributed by atoms with Crippen LogP contribution in [0.1, 0.15) is 17.3 Å². The molecular weight excluding hydrogens is 551 g/mol. The average molecular weight is 556 g/mol. The minimum absolute atomic E-state index is 0.116. The Morgan fingerprint density at radius 2 is 1.81 bits per heavy atom. The molecule has 4 nitrogen and oxygen atoms in total. The number of amides is 1. The van der Waals surface area contributed by atoms with Crippen LogP contribution in [0.4, 0.5) is 5.69 Å². The molecule has 1 aromatic carbocycles. The van der Waals surface area contributed by atoms with E-state index in [0.717, 1.165) is 3.57 Å². The maximum atomic E-state index is 11.0. The van der Waals surface area contributed by atoms with E-state index in [2.05, 4.69) is 5.32 Å². The zero-order valence-electron chi connectivity index (χ0n) is 7.94. The molecule has 0 aromatic heterocycles. The number of anilines is 1. The number of carboxylic acid groups (broad SMARTS) is 1. The Balaban J connectivity index is 3.44. The SMILES string of the molecule is CC(=O)Nc1c(I)cc(I)c(C(=O)[O-])c1I. The van der Waals surface area contributed by atoms with Crippen molar-refractivity contribution in [2.24, 2.45) is 0 Å². The largest absolute Gasteiger partial charge is 0.545 e. The van der Waals surface area contributed by atoms with Crippen molar-refractivity contribution >= 4 is 85.3 Å². The molecule has 0 unspecified atom stereocenters. The standard InChI is InChI=1S/C9H6I3NO3/c1-3(14)13-8-5(11)2-4(10)6(7(8)12)9(15)16/h2H,1H3,(H,13,14)(H,15,16)/p-1. The van der Waals surface area contributed by atoms with Crippen molar-refractivity contribution in [1.82, 2.24) is 0 Å². The van der Waals surface area contributed by atoms with Crippen LogP contribution in [0, 0.1) is 10.7 Å². The van der Waals surface area contributed by atoms with Gasteiger partial charge in [0.15, 0.2) is 0 Å². The van der Waals surface area contributed by atoms with Crippen LogP contribution in [0.5, 0.6) is 0 Å². The second kappa shape index (κ2) is 5.80. The summed E-state index contributed by atoms with van der Waals surface area (Å²) in [6.45, 7) is 1.38. The zero-order chi connectivity index (χ0) is 12.5. The number of hydrogen-bond acceptors (Lipinski definition) is 3. The topological polar surface area (TPSA) is 69.2 Å². The quantitative estimate of drug-likeness (QED) is 0.566. The Bertz CT molecular complexity index is 474. The number of hydrogen-bond donors (Lipinski definition) is 1. The molecule has 0 aliphatic rings. The van der Waals surface area contributed by atoms with Crippen molar-refractivity contribution in [3.63, 3.8) is 0 Å². The van der Waals surface area contributed by atoms with E-state index < -0.39 is 5.97 Å². The molecule has 0 fully saturated rings. The van der Waals surface area contributed by atoms with Crippen LogP contribution in [0.3, 0.4) is 0 Å². The lowest BCUT2D eigenvalue weighted by Crippen LogP contribution is -2.25. The Hall–Kier alpha value is 0.350. The van der Waals surface area contributed by atoms with E-state index in [4.69, 9.17) is 0 Å². The molecule has 0 saturated carbocycles. The second-order valence-electron chi connectivity index (χ2n) is 2.87. The molecule has 1 aromatic rings. The molecule has 86 valence electrons. The van der Waals surface area contributed by atoms with E-state index in [9.17, 15) is 14.7 Å². The Morgan fingerprint density at radius 1 is 1.25 bits per heavy atom. The lowest BCUT2D eigenvalue weighted by atomic mass is 10.2. The lowest BCUT2D eigenvalue weighted by molar-refractivity contribution is -0.255. The van der Waals surface area contributed by atoms with Crippen LogP contribution in [0.2, 0.25) is 0 Å². The summed E-state index contributed by atoms with van der Waals surface area (Å²) in [7, 11) is 0. The summed E-state index contributed by atoms with van der Waals surface area (Å²) in [6, 6.07) is 1.69. The third-order valence-electron chi connectivity index (χ3n) is 1.68. The fraction of sp³-hybridized carbons (Fsp3) is 0.111. The van der Waals surface area contributed by atoms with Gasteiger partial charge < -0.3 is 15.2 Å². The minimum atomic E-state index is -1.24. The fourth-order valence-corrected chi connectivity index (χ4v) is 5.15. The van der Waals surface area contributed by atoms with Gasteiger partial charge in [0, 0.05) is 23.2 Å². The summed E-state index contributed by atoms with van der Waals surface area (Å²) >= 11 is 5.88. The highest BCUT2D eigenvalue weighted by Crippen LogP contribution is 2.31. The Kier molecular flexibility index (Phi) is 5.22. The lowest BCUT2D eigenvalue weighted by Gasteiger charge is -2.15. The van der Waals surface area contributed by atoms with Crippen molar-refractivity contribution < 1.29 is 14.7 Å². The molecule has 0 bridgehead atoms. The summed E-state index contributed by atoms with van der Waals surface area (Å²) in [5.41, 5.74) is 0.638. The molecule has 0 radical (unpaired) electrons. The highest BCUT2D eigenvalue weighted by molar-refractivity contribution is 14.1. The van der Waals surface area contributed by atoms with Gasteiger partial charge in [-0.2, -0.15) is 0 Å². The van der Waals surface area contributed by atoms with Gasteiger partial charge in [0.05, 0.1) is 11.7 Å². The maximum absolute atomic E-state index is 11.0. The average Bonchev–Trinajstić information content (AvgIpc) is 2.10. The monoisotopic (exact) mass is 556 g/mol. The van der Waals surface area contributed by atoms with Crippen molar-refractivity contribution in [3.05, 3.63) is 22.3 Å². The van der Waals surface area contributed by atoms with E-state index in [1.807, 2.05) is 67.8 Å². The highest BCUT2D eigenvalue weighted by atomic mass is 127. The molecule has 0 aliphatic carbocycles. The van der Waals surface area contributed by atoms with E-state index in [-0.39, 0.29) is 11.5 Å². The van der Waals surface area contributed by atoms with Gasteiger partial charge in [0.1, 0.15) is 0 Å². The van der Waals surface area contributed by atoms with Crippen molar-refractivity contribution in [2.45, 2.75) is 6.92 Å². The van der Waals surface area contributed by atoms with Crippen molar-refractivity contribution in [3.8, 4) is 0 Å². The van der Waals surface area contributed by atoms with Crippen LogP contribution in [0.15, 0.2) is 6.07 Å². The van der Waals surface area contributed by atoms with Gasteiger partial charge in [-0.15, -0.1) is 0 Å². The van der Waals surface area contributed by atoms with Crippen LogP contribution in [-0.2, 0) is 4.79 Å². The molecule has 0 spiro atoms. The number of nitrogens with one attached hydrogen (secondary N) is 1. The van der Waals surface area contributed by atoms with Gasteiger partial charge in [-0.1, -0.05) is 0 Å². The summed E-state index contributed by atoms with van der Waals surface area (Å²) < 4.78 is 1.89. The van der Waals surface area contributed by atoms with E-state index in [0.29, 0.717) is 12.8 Å². The normalized spacial score (nSPS) is 10.0. The first-order chi connectivity index (χ1) is 7.34. The molecule has 0 atom stereocenters. The number of carbonyl (C=O) groups is 2. The Labute approximate surface area is 133 Å². The molecular formula is C9H5I3NO3-. The number of halogens is 3. The minimum Gasteiger partial charge on any atom is -0.545 e. The van der Waals surface area contributed by atoms with Crippen molar-refractivity contribution in [2.75, 3.05) is 5.32 Å². The summed E-state index contributed by atoms with van der Waals surface area (Å²) in [4.78, 5) is 22.0. The van der Waals surface area contributed by atoms with Gasteiger partial charge in [-0.3, -0.25) is 4.79 Å². The van der Waals surface area contributed by atoms with Crippen LogP contribution >= 0.6 is 67.8 Å².